The Labute approximate surface area is 121 Å². The lowest BCUT2D eigenvalue weighted by molar-refractivity contribution is -0.0715. The second kappa shape index (κ2) is 7.83. The molecule has 2 rings (SSSR count). The van der Waals surface area contributed by atoms with E-state index in [4.69, 9.17) is 9.47 Å². The van der Waals surface area contributed by atoms with E-state index in [0.29, 0.717) is 13.2 Å². The van der Waals surface area contributed by atoms with Crippen molar-refractivity contribution in [3.05, 3.63) is 71.8 Å². The van der Waals surface area contributed by atoms with Gasteiger partial charge in [0, 0.05) is 13.2 Å². The van der Waals surface area contributed by atoms with Crippen LogP contribution in [0.2, 0.25) is 0 Å². The van der Waals surface area contributed by atoms with Gasteiger partial charge in [-0.2, -0.15) is 0 Å². The monoisotopic (exact) mass is 270 g/mol. The third kappa shape index (κ3) is 3.69. The summed E-state index contributed by atoms with van der Waals surface area (Å²) in [5.41, 5.74) is 2.30. The minimum absolute atomic E-state index is 0.0800. The highest BCUT2D eigenvalue weighted by atomic mass is 16.5. The number of rotatable bonds is 7. The fourth-order valence-corrected chi connectivity index (χ4v) is 2.36. The first-order valence-electron chi connectivity index (χ1n) is 7.20. The van der Waals surface area contributed by atoms with Gasteiger partial charge in [0.05, 0.1) is 0 Å². The Kier molecular flexibility index (Phi) is 5.78. The number of benzene rings is 2. The Morgan fingerprint density at radius 2 is 1.00 bits per heavy atom. The number of ether oxygens (including phenoxy) is 2. The maximum Gasteiger partial charge on any atom is 0.113 e. The highest BCUT2D eigenvalue weighted by molar-refractivity contribution is 5.25. The van der Waals surface area contributed by atoms with Crippen molar-refractivity contribution in [2.75, 3.05) is 13.2 Å². The molecule has 0 N–H and O–H groups in total. The lowest BCUT2D eigenvalue weighted by atomic mass is 9.98. The predicted octanol–water partition coefficient (Wildman–Crippen LogP) is 4.54. The summed E-state index contributed by atoms with van der Waals surface area (Å²) in [6.45, 7) is 5.36. The van der Waals surface area contributed by atoms with E-state index in [-0.39, 0.29) is 12.2 Å². The van der Waals surface area contributed by atoms with E-state index in [9.17, 15) is 0 Å². The van der Waals surface area contributed by atoms with Crippen molar-refractivity contribution in [2.45, 2.75) is 26.1 Å². The topological polar surface area (TPSA) is 18.5 Å². The van der Waals surface area contributed by atoms with Crippen molar-refractivity contribution >= 4 is 0 Å². The van der Waals surface area contributed by atoms with Gasteiger partial charge in [-0.1, -0.05) is 60.7 Å². The number of hydrogen-bond acceptors (Lipinski definition) is 2. The number of hydrogen-bond donors (Lipinski definition) is 0. The van der Waals surface area contributed by atoms with Gasteiger partial charge < -0.3 is 9.47 Å². The summed E-state index contributed by atoms with van der Waals surface area (Å²) in [7, 11) is 0. The normalized spacial score (nSPS) is 13.9. The molecule has 0 aliphatic heterocycles. The first-order chi connectivity index (χ1) is 9.86. The average Bonchev–Trinajstić information content (AvgIpc) is 2.52. The van der Waals surface area contributed by atoms with Crippen molar-refractivity contribution in [3.63, 3.8) is 0 Å². The molecular weight excluding hydrogens is 248 g/mol. The average molecular weight is 270 g/mol. The van der Waals surface area contributed by atoms with E-state index in [1.165, 1.54) is 0 Å². The standard InChI is InChI=1S/C18H22O2/c1-3-19-17(15-11-7-5-8-12-15)18(20-4-2)16-13-9-6-10-14-16/h5-14,17-18H,3-4H2,1-2H3/t17-,18+. The van der Waals surface area contributed by atoms with E-state index in [1.54, 1.807) is 0 Å². The second-order valence-electron chi connectivity index (χ2n) is 4.57. The van der Waals surface area contributed by atoms with Crippen LogP contribution in [0.5, 0.6) is 0 Å². The largest absolute Gasteiger partial charge is 0.371 e. The van der Waals surface area contributed by atoms with Crippen LogP contribution in [0.4, 0.5) is 0 Å². The highest BCUT2D eigenvalue weighted by Crippen LogP contribution is 2.34. The van der Waals surface area contributed by atoms with Gasteiger partial charge in [0.25, 0.3) is 0 Å². The van der Waals surface area contributed by atoms with E-state index < -0.39 is 0 Å². The molecule has 2 aromatic carbocycles. The lowest BCUT2D eigenvalue weighted by Gasteiger charge is -2.27. The molecule has 0 radical (unpaired) electrons. The Morgan fingerprint density at radius 1 is 0.650 bits per heavy atom. The van der Waals surface area contributed by atoms with Crippen LogP contribution in [-0.2, 0) is 9.47 Å². The zero-order valence-corrected chi connectivity index (χ0v) is 12.2. The SMILES string of the molecule is CCO[C@H](c1ccccc1)[C@@H](OCC)c1ccccc1. The Bertz CT molecular complexity index is 434. The van der Waals surface area contributed by atoms with Crippen LogP contribution in [-0.4, -0.2) is 13.2 Å². The van der Waals surface area contributed by atoms with Crippen molar-refractivity contribution in [2.24, 2.45) is 0 Å². The van der Waals surface area contributed by atoms with Crippen LogP contribution < -0.4 is 0 Å². The third-order valence-electron chi connectivity index (χ3n) is 3.22. The molecule has 20 heavy (non-hydrogen) atoms. The summed E-state index contributed by atoms with van der Waals surface area (Å²) >= 11 is 0. The smallest absolute Gasteiger partial charge is 0.113 e. The van der Waals surface area contributed by atoms with Crippen LogP contribution in [0.1, 0.15) is 37.2 Å². The van der Waals surface area contributed by atoms with Gasteiger partial charge in [-0.3, -0.25) is 0 Å². The van der Waals surface area contributed by atoms with Gasteiger partial charge in [0.15, 0.2) is 0 Å². The molecule has 2 heteroatoms. The van der Waals surface area contributed by atoms with E-state index in [1.807, 2.05) is 50.2 Å². The molecule has 0 saturated heterocycles. The fourth-order valence-electron chi connectivity index (χ4n) is 2.36. The van der Waals surface area contributed by atoms with Crippen LogP contribution >= 0.6 is 0 Å². The second-order valence-corrected chi connectivity index (χ2v) is 4.57. The molecule has 0 aliphatic rings. The van der Waals surface area contributed by atoms with Crippen LogP contribution in [0, 0.1) is 0 Å². The molecule has 0 spiro atoms. The van der Waals surface area contributed by atoms with Crippen molar-refractivity contribution < 1.29 is 9.47 Å². The molecule has 0 aliphatic carbocycles. The molecule has 106 valence electrons. The van der Waals surface area contributed by atoms with Gasteiger partial charge in [0.1, 0.15) is 12.2 Å². The fraction of sp³-hybridized carbons (Fsp3) is 0.333. The van der Waals surface area contributed by atoms with Gasteiger partial charge >= 0.3 is 0 Å². The quantitative estimate of drug-likeness (QED) is 0.735. The summed E-state index contributed by atoms with van der Waals surface area (Å²) in [5, 5.41) is 0. The zero-order valence-electron chi connectivity index (χ0n) is 12.2. The Balaban J connectivity index is 2.33. The van der Waals surface area contributed by atoms with Crippen LogP contribution in [0.15, 0.2) is 60.7 Å². The molecule has 2 nitrogen and oxygen atoms in total. The van der Waals surface area contributed by atoms with Crippen molar-refractivity contribution in [3.8, 4) is 0 Å². The zero-order chi connectivity index (χ0) is 14.2. The van der Waals surface area contributed by atoms with Gasteiger partial charge in [-0.15, -0.1) is 0 Å². The summed E-state index contributed by atoms with van der Waals surface area (Å²) in [5.74, 6) is 0. The van der Waals surface area contributed by atoms with E-state index in [0.717, 1.165) is 11.1 Å². The molecule has 2 aromatic rings. The maximum absolute atomic E-state index is 5.97. The summed E-state index contributed by atoms with van der Waals surface area (Å²) in [4.78, 5) is 0. The molecule has 0 unspecified atom stereocenters. The summed E-state index contributed by atoms with van der Waals surface area (Å²) in [6.07, 6.45) is -0.160. The molecule has 0 bridgehead atoms. The first-order valence-corrected chi connectivity index (χ1v) is 7.20. The van der Waals surface area contributed by atoms with E-state index in [2.05, 4.69) is 24.3 Å². The minimum Gasteiger partial charge on any atom is -0.371 e. The van der Waals surface area contributed by atoms with E-state index >= 15 is 0 Å². The first kappa shape index (κ1) is 14.8. The van der Waals surface area contributed by atoms with Gasteiger partial charge in [0.2, 0.25) is 0 Å². The van der Waals surface area contributed by atoms with Gasteiger partial charge in [-0.05, 0) is 25.0 Å². The molecule has 0 heterocycles. The summed E-state index contributed by atoms with van der Waals surface area (Å²) < 4.78 is 11.9. The highest BCUT2D eigenvalue weighted by Gasteiger charge is 2.25. The van der Waals surface area contributed by atoms with Crippen LogP contribution in [0.3, 0.4) is 0 Å². The Hall–Kier alpha value is -1.64. The molecule has 0 fully saturated rings. The third-order valence-corrected chi connectivity index (χ3v) is 3.22. The molecule has 2 atom stereocenters. The molecule has 0 saturated carbocycles. The van der Waals surface area contributed by atoms with Crippen molar-refractivity contribution in [1.82, 2.24) is 0 Å². The Morgan fingerprint density at radius 3 is 1.30 bits per heavy atom. The maximum atomic E-state index is 5.97. The van der Waals surface area contributed by atoms with Crippen LogP contribution in [0.25, 0.3) is 0 Å². The lowest BCUT2D eigenvalue weighted by Crippen LogP contribution is -2.18. The predicted molar refractivity (Wildman–Crippen MR) is 81.6 cm³/mol. The summed E-state index contributed by atoms with van der Waals surface area (Å²) in [6, 6.07) is 20.6. The van der Waals surface area contributed by atoms with Gasteiger partial charge in [-0.25, -0.2) is 0 Å². The molecule has 0 amide bonds. The van der Waals surface area contributed by atoms with Crippen molar-refractivity contribution in [1.29, 1.82) is 0 Å². The minimum atomic E-state index is -0.0800. The molecular formula is C18H22O2. The molecule has 0 aromatic heterocycles.